The number of unbranched alkanes of at least 4 members (excludes halogenated alkanes) is 22. The molecule has 0 heterocycles. The summed E-state index contributed by atoms with van der Waals surface area (Å²) >= 11 is -0.750. The van der Waals surface area contributed by atoms with Crippen LogP contribution in [-0.2, 0) is 40.9 Å². The van der Waals surface area contributed by atoms with E-state index in [4.69, 9.17) is 27.4 Å². The number of rotatable bonds is 49. The van der Waals surface area contributed by atoms with Gasteiger partial charge in [0.15, 0.2) is 0 Å². The Morgan fingerprint density at radius 2 is 0.876 bits per heavy atom. The summed E-state index contributed by atoms with van der Waals surface area (Å²) in [7, 11) is -0.0736. The first-order valence-electron chi connectivity index (χ1n) is 37.1. The van der Waals surface area contributed by atoms with E-state index in [1.54, 1.807) is 13.1 Å². The smallest absolute Gasteiger partial charge is 0.335 e. The van der Waals surface area contributed by atoms with Crippen LogP contribution in [0.4, 0.5) is 5.69 Å². The fourth-order valence-corrected chi connectivity index (χ4v) is 14.6. The third-order valence-electron chi connectivity index (χ3n) is 18.4. The number of aliphatic hydroxyl groups excluding tert-OH is 4. The molecule has 0 bridgehead atoms. The summed E-state index contributed by atoms with van der Waals surface area (Å²) in [6, 6.07) is 28.7. The van der Waals surface area contributed by atoms with E-state index in [-0.39, 0.29) is 57.1 Å². The Kier molecular flexibility index (Phi) is 42.4. The van der Waals surface area contributed by atoms with Gasteiger partial charge in [0.2, 0.25) is 10.0 Å². The van der Waals surface area contributed by atoms with Crippen LogP contribution in [0.5, 0.6) is 23.0 Å². The van der Waals surface area contributed by atoms with Gasteiger partial charge in [-0.2, -0.15) is 8.42 Å². The molecule has 14 nitrogen and oxygen atoms in total. The lowest BCUT2D eigenvalue weighted by molar-refractivity contribution is 0.197. The minimum absolute atomic E-state index is 0.00110. The third-order valence-corrected chi connectivity index (χ3v) is 20.3. The first kappa shape index (κ1) is 83.8. The van der Waals surface area contributed by atoms with Gasteiger partial charge in [0.1, 0.15) is 49.4 Å². The fraction of sp³-hybridized carbons (Fsp3) is 0.605. The van der Waals surface area contributed by atoms with Gasteiger partial charge in [0.05, 0.1) is 31.3 Å². The lowest BCUT2D eigenvalue weighted by Crippen LogP contribution is -2.28. The van der Waals surface area contributed by atoms with Gasteiger partial charge in [-0.15, -0.1) is 0 Å². The summed E-state index contributed by atoms with van der Waals surface area (Å²) in [5, 5.41) is 42.3. The summed E-state index contributed by atoms with van der Waals surface area (Å²) in [6.45, 7) is 17.2. The molecule has 1 atom stereocenters. The van der Waals surface area contributed by atoms with Gasteiger partial charge in [-0.3, -0.25) is 0 Å². The second-order valence-corrected chi connectivity index (χ2v) is 28.4. The molecule has 0 radical (unpaired) electrons. The minimum atomic E-state index is -3.85. The standard InChI is InChI=1S/C43H62N2O6S.C38H62O4.O2S/c1-5-7-9-11-13-19-25-44(3)40-32-41(50-29-27-46)38(34-21-15-17-23-36(34)40)31-39-35-22-16-18-24-37(35)43(33-42(39)51-30-28-47)52(48,49)45(4)26-20-14-12-10-8-6-2;1-6-8-10-12-14-16-18-20-33-28-34(21-19-17-15-13-11-9-7-2)38(42-25-23-40)36(29-33)32(5)35-27-30(3)26-31(4)37(35)41-24-22-39;1-3-2/h15-18,21-24,32-33,46-47H,5-14,19-20,25-31H2,1-4H3;26-29,32,39-40H,6-25H2,1-5H3;. The third kappa shape index (κ3) is 28.2. The maximum atomic E-state index is 14.2. The Morgan fingerprint density at radius 3 is 1.39 bits per heavy atom. The average molecular weight is 1380 g/mol. The highest BCUT2D eigenvalue weighted by atomic mass is 32.2. The van der Waals surface area contributed by atoms with Gasteiger partial charge in [-0.25, -0.2) is 12.7 Å². The number of hydrogen-bond donors (Lipinski definition) is 4. The Balaban J connectivity index is 0.000000405. The molecule has 16 heteroatoms. The molecule has 0 aliphatic carbocycles. The van der Waals surface area contributed by atoms with E-state index >= 15 is 0 Å². The van der Waals surface area contributed by atoms with Crippen molar-refractivity contribution >= 4 is 48.8 Å². The van der Waals surface area contributed by atoms with Crippen LogP contribution < -0.4 is 23.8 Å². The van der Waals surface area contributed by atoms with Crippen molar-refractivity contribution in [2.45, 2.75) is 245 Å². The molecule has 0 aliphatic rings. The van der Waals surface area contributed by atoms with Gasteiger partial charge < -0.3 is 44.3 Å². The van der Waals surface area contributed by atoms with Crippen molar-refractivity contribution in [2.75, 3.05) is 84.9 Å². The topological polar surface area (TPSA) is 193 Å². The summed E-state index contributed by atoms with van der Waals surface area (Å²) in [5.74, 6) is 2.94. The minimum Gasteiger partial charge on any atom is -0.491 e. The highest BCUT2D eigenvalue weighted by Crippen LogP contribution is 2.44. The van der Waals surface area contributed by atoms with Crippen molar-refractivity contribution in [1.29, 1.82) is 0 Å². The zero-order chi connectivity index (χ0) is 70.6. The molecule has 6 rings (SSSR count). The number of aryl methyl sites for hydroxylation is 4. The van der Waals surface area contributed by atoms with Crippen molar-refractivity contribution in [1.82, 2.24) is 4.31 Å². The normalized spacial score (nSPS) is 11.7. The predicted molar refractivity (Wildman–Crippen MR) is 403 cm³/mol. The van der Waals surface area contributed by atoms with Gasteiger partial charge in [0.25, 0.3) is 0 Å². The van der Waals surface area contributed by atoms with Crippen molar-refractivity contribution in [3.8, 4) is 23.0 Å². The summed E-state index contributed by atoms with van der Waals surface area (Å²) in [5.41, 5.74) is 10.1. The molecule has 0 spiro atoms. The number of ether oxygens (including phenoxy) is 4. The molecule has 1 unspecified atom stereocenters. The largest absolute Gasteiger partial charge is 0.491 e. The van der Waals surface area contributed by atoms with Crippen LogP contribution in [-0.4, -0.2) is 122 Å². The molecule has 4 N–H and O–H groups in total. The van der Waals surface area contributed by atoms with E-state index in [1.807, 2.05) is 30.3 Å². The lowest BCUT2D eigenvalue weighted by Gasteiger charge is -2.25. The van der Waals surface area contributed by atoms with E-state index in [2.05, 4.69) is 109 Å². The van der Waals surface area contributed by atoms with Crippen molar-refractivity contribution in [3.05, 3.63) is 129 Å². The average Bonchev–Trinajstić information content (AvgIpc) is 0.750. The van der Waals surface area contributed by atoms with E-state index in [9.17, 15) is 28.8 Å². The zero-order valence-electron chi connectivity index (χ0n) is 61.0. The fourth-order valence-electron chi connectivity index (χ4n) is 13.2. The molecule has 0 aromatic heterocycles. The van der Waals surface area contributed by atoms with E-state index < -0.39 is 21.6 Å². The van der Waals surface area contributed by atoms with Crippen LogP contribution in [0.25, 0.3) is 21.5 Å². The Hall–Kier alpha value is -5.59. The molecule has 0 aliphatic heterocycles. The van der Waals surface area contributed by atoms with Crippen LogP contribution in [0.15, 0.2) is 89.8 Å². The first-order valence-corrected chi connectivity index (χ1v) is 39.2. The number of benzene rings is 6. The quantitative estimate of drug-likeness (QED) is 0.0264. The van der Waals surface area contributed by atoms with Crippen molar-refractivity contribution in [2.24, 2.45) is 0 Å². The molecule has 6 aromatic rings. The number of anilines is 1. The number of sulfonamides is 1. The van der Waals surface area contributed by atoms with Gasteiger partial charge in [-0.1, -0.05) is 254 Å². The van der Waals surface area contributed by atoms with Crippen LogP contribution in [0.3, 0.4) is 0 Å². The highest BCUT2D eigenvalue weighted by Gasteiger charge is 2.28. The SMILES string of the molecule is CCCCCCCCCc1cc(CCCCCCCCC)c(OCCO)c(C(C)c2cc(C)cc(C)c2OCCO)c1.CCCCCCCCN(C)c1cc(OCCO)c(Cc2c(OCCO)cc(S(=O)(=O)N(C)CCCCCCCC)c3ccccc23)c2ccccc12.O=S=O. The Morgan fingerprint density at radius 1 is 0.464 bits per heavy atom. The molecular formula is C81H124N2O12S2. The molecule has 0 fully saturated rings. The van der Waals surface area contributed by atoms with Crippen LogP contribution in [0, 0.1) is 13.8 Å². The molecule has 6 aromatic carbocycles. The van der Waals surface area contributed by atoms with Gasteiger partial charge in [-0.05, 0) is 79.8 Å². The van der Waals surface area contributed by atoms with Crippen LogP contribution in [0.1, 0.15) is 252 Å². The number of nitrogens with zero attached hydrogens (tertiary/aromatic N) is 2. The van der Waals surface area contributed by atoms with E-state index in [0.717, 1.165) is 107 Å². The van der Waals surface area contributed by atoms with Gasteiger partial charge >= 0.3 is 11.6 Å². The maximum absolute atomic E-state index is 14.2. The monoisotopic (exact) mass is 1380 g/mol. The summed E-state index contributed by atoms with van der Waals surface area (Å²) < 4.78 is 71.3. The molecule has 97 heavy (non-hydrogen) atoms. The summed E-state index contributed by atoms with van der Waals surface area (Å²) in [4.78, 5) is 2.49. The molecule has 0 saturated heterocycles. The highest BCUT2D eigenvalue weighted by molar-refractivity contribution is 7.89. The Labute approximate surface area is 588 Å². The molecule has 542 valence electrons. The van der Waals surface area contributed by atoms with E-state index in [0.29, 0.717) is 36.5 Å². The molecular weight excluding hydrogens is 1260 g/mol. The van der Waals surface area contributed by atoms with Crippen molar-refractivity contribution < 1.29 is 56.2 Å². The van der Waals surface area contributed by atoms with E-state index in [1.165, 1.54) is 161 Å². The van der Waals surface area contributed by atoms with Gasteiger partial charge in [0, 0.05) is 90.4 Å². The number of hydrogen-bond acceptors (Lipinski definition) is 13. The molecule has 0 saturated carbocycles. The second kappa shape index (κ2) is 49.0. The zero-order valence-corrected chi connectivity index (χ0v) is 62.6. The summed E-state index contributed by atoms with van der Waals surface area (Å²) in [6.07, 6.45) is 34.4. The van der Waals surface area contributed by atoms with Crippen molar-refractivity contribution in [3.63, 3.8) is 0 Å². The second-order valence-electron chi connectivity index (χ2n) is 26.3. The van der Waals surface area contributed by atoms with Crippen LogP contribution in [0.2, 0.25) is 0 Å². The maximum Gasteiger partial charge on any atom is 0.335 e. The lowest BCUT2D eigenvalue weighted by atomic mass is 9.85. The Bertz CT molecular complexity index is 3310. The number of fused-ring (bicyclic) bond motifs is 2. The first-order chi connectivity index (χ1) is 47.1. The number of aliphatic hydroxyl groups is 4. The molecule has 0 amide bonds. The van der Waals surface area contributed by atoms with Crippen LogP contribution >= 0.6 is 0 Å². The predicted octanol–water partition coefficient (Wildman–Crippen LogP) is 18.2.